The van der Waals surface area contributed by atoms with E-state index >= 15 is 0 Å². The molecular formula is C11H14Cl3FN2O2S. The van der Waals surface area contributed by atoms with Gasteiger partial charge in [-0.05, 0) is 25.0 Å². The number of piperidine rings is 1. The number of halogens is 4. The van der Waals surface area contributed by atoms with Crippen LogP contribution in [-0.4, -0.2) is 31.9 Å². The van der Waals surface area contributed by atoms with E-state index in [1.165, 1.54) is 16.4 Å². The number of nitrogens with zero attached hydrogens (tertiary/aromatic N) is 1. The highest BCUT2D eigenvalue weighted by atomic mass is 35.5. The summed E-state index contributed by atoms with van der Waals surface area (Å²) in [5, 5.41) is -0.689. The van der Waals surface area contributed by atoms with Crippen LogP contribution >= 0.6 is 35.6 Å². The summed E-state index contributed by atoms with van der Waals surface area (Å²) in [7, 11) is -3.84. The van der Waals surface area contributed by atoms with Gasteiger partial charge in [-0.1, -0.05) is 23.2 Å². The molecular weight excluding hydrogens is 350 g/mol. The van der Waals surface area contributed by atoms with Gasteiger partial charge in [0.15, 0.2) is 5.82 Å². The molecule has 20 heavy (non-hydrogen) atoms. The standard InChI is InChI=1S/C11H13Cl2FN2O2S.ClH/c12-8-3-4-9(10(13)11(8)14)19(17,18)16-5-1-2-7(15)6-16;/h3-4,7H,1-2,5-6,15H2;1H/t7-;/m1./s1. The molecule has 4 nitrogen and oxygen atoms in total. The molecule has 0 radical (unpaired) electrons. The lowest BCUT2D eigenvalue weighted by atomic mass is 10.1. The largest absolute Gasteiger partial charge is 0.327 e. The zero-order chi connectivity index (χ0) is 14.2. The van der Waals surface area contributed by atoms with Crippen molar-refractivity contribution in [3.8, 4) is 0 Å². The average Bonchev–Trinajstić information content (AvgIpc) is 2.36. The maximum Gasteiger partial charge on any atom is 0.244 e. The zero-order valence-corrected chi connectivity index (χ0v) is 13.5. The molecule has 0 saturated carbocycles. The molecule has 2 rings (SSSR count). The van der Waals surface area contributed by atoms with Crippen LogP contribution in [0.25, 0.3) is 0 Å². The lowest BCUT2D eigenvalue weighted by Crippen LogP contribution is -2.45. The van der Waals surface area contributed by atoms with Crippen molar-refractivity contribution in [2.75, 3.05) is 13.1 Å². The van der Waals surface area contributed by atoms with Gasteiger partial charge in [-0.15, -0.1) is 12.4 Å². The predicted octanol–water partition coefficient (Wildman–Crippen LogP) is 2.67. The highest BCUT2D eigenvalue weighted by molar-refractivity contribution is 7.89. The summed E-state index contributed by atoms with van der Waals surface area (Å²) in [6.45, 7) is 0.569. The molecule has 1 atom stereocenters. The zero-order valence-electron chi connectivity index (χ0n) is 10.4. The van der Waals surface area contributed by atoms with E-state index in [1.54, 1.807) is 0 Å². The van der Waals surface area contributed by atoms with Crippen LogP contribution in [-0.2, 0) is 10.0 Å². The smallest absolute Gasteiger partial charge is 0.244 e. The first-order valence-electron chi connectivity index (χ1n) is 5.73. The Balaban J connectivity index is 0.00000200. The van der Waals surface area contributed by atoms with Crippen molar-refractivity contribution in [3.05, 3.63) is 28.0 Å². The van der Waals surface area contributed by atoms with Gasteiger partial charge in [-0.2, -0.15) is 4.31 Å². The van der Waals surface area contributed by atoms with Crippen LogP contribution in [0, 0.1) is 5.82 Å². The van der Waals surface area contributed by atoms with Gasteiger partial charge < -0.3 is 5.73 Å². The summed E-state index contributed by atoms with van der Waals surface area (Å²) >= 11 is 11.3. The summed E-state index contributed by atoms with van der Waals surface area (Å²) in [5.74, 6) is -0.925. The number of sulfonamides is 1. The van der Waals surface area contributed by atoms with Crippen molar-refractivity contribution >= 4 is 45.6 Å². The Hall–Kier alpha value is -0.110. The lowest BCUT2D eigenvalue weighted by Gasteiger charge is -2.30. The minimum absolute atomic E-state index is 0. The molecule has 0 unspecified atom stereocenters. The number of rotatable bonds is 2. The molecule has 0 spiro atoms. The minimum Gasteiger partial charge on any atom is -0.327 e. The fourth-order valence-corrected chi connectivity index (χ4v) is 4.29. The first kappa shape index (κ1) is 17.9. The molecule has 1 fully saturated rings. The van der Waals surface area contributed by atoms with Crippen LogP contribution in [0.2, 0.25) is 10.0 Å². The van der Waals surface area contributed by atoms with E-state index in [9.17, 15) is 12.8 Å². The van der Waals surface area contributed by atoms with Gasteiger partial charge in [-0.25, -0.2) is 12.8 Å². The Morgan fingerprint density at radius 2 is 2.00 bits per heavy atom. The third-order valence-corrected chi connectivity index (χ3v) is 5.72. The van der Waals surface area contributed by atoms with Crippen molar-refractivity contribution in [3.63, 3.8) is 0 Å². The van der Waals surface area contributed by atoms with E-state index in [2.05, 4.69) is 0 Å². The number of hydrogen-bond donors (Lipinski definition) is 1. The molecule has 1 aliphatic heterocycles. The Bertz CT molecular complexity index is 598. The van der Waals surface area contributed by atoms with Crippen molar-refractivity contribution in [1.29, 1.82) is 0 Å². The Labute approximate surface area is 133 Å². The van der Waals surface area contributed by atoms with Crippen molar-refractivity contribution in [2.45, 2.75) is 23.8 Å². The molecule has 1 heterocycles. The SMILES string of the molecule is Cl.N[C@@H]1CCCN(S(=O)(=O)c2ccc(Cl)c(F)c2Cl)C1. The van der Waals surface area contributed by atoms with Crippen LogP contribution in [0.4, 0.5) is 4.39 Å². The first-order valence-corrected chi connectivity index (χ1v) is 7.93. The number of benzene rings is 1. The van der Waals surface area contributed by atoms with Crippen LogP contribution in [0.1, 0.15) is 12.8 Å². The van der Waals surface area contributed by atoms with E-state index in [4.69, 9.17) is 28.9 Å². The summed E-state index contributed by atoms with van der Waals surface area (Å²) in [5.41, 5.74) is 5.76. The molecule has 0 aliphatic carbocycles. The molecule has 1 aromatic rings. The Kier molecular flexibility index (Phi) is 6.07. The molecule has 0 amide bonds. The second-order valence-corrected chi connectivity index (χ2v) is 7.13. The fourth-order valence-electron chi connectivity index (χ4n) is 2.04. The van der Waals surface area contributed by atoms with Gasteiger partial charge in [0, 0.05) is 19.1 Å². The summed E-state index contributed by atoms with van der Waals surface area (Å²) in [6, 6.07) is 2.18. The van der Waals surface area contributed by atoms with Crippen molar-refractivity contribution < 1.29 is 12.8 Å². The van der Waals surface area contributed by atoms with E-state index < -0.39 is 20.9 Å². The molecule has 0 aromatic heterocycles. The minimum atomic E-state index is -3.84. The Morgan fingerprint density at radius 3 is 2.60 bits per heavy atom. The van der Waals surface area contributed by atoms with Crippen molar-refractivity contribution in [1.82, 2.24) is 4.31 Å². The van der Waals surface area contributed by atoms with Gasteiger partial charge >= 0.3 is 0 Å². The molecule has 1 aliphatic rings. The molecule has 1 saturated heterocycles. The number of hydrogen-bond acceptors (Lipinski definition) is 3. The monoisotopic (exact) mass is 362 g/mol. The van der Waals surface area contributed by atoms with E-state index in [0.717, 1.165) is 6.42 Å². The second kappa shape index (κ2) is 6.77. The predicted molar refractivity (Wildman–Crippen MR) is 79.6 cm³/mol. The van der Waals surface area contributed by atoms with E-state index in [-0.39, 0.29) is 34.9 Å². The van der Waals surface area contributed by atoms with Crippen molar-refractivity contribution in [2.24, 2.45) is 5.73 Å². The quantitative estimate of drug-likeness (QED) is 0.822. The fraction of sp³-hybridized carbons (Fsp3) is 0.455. The Morgan fingerprint density at radius 1 is 1.35 bits per heavy atom. The maximum absolute atomic E-state index is 13.6. The molecule has 0 bridgehead atoms. The highest BCUT2D eigenvalue weighted by Gasteiger charge is 2.31. The van der Waals surface area contributed by atoms with Gasteiger partial charge in [0.2, 0.25) is 10.0 Å². The summed E-state index contributed by atoms with van der Waals surface area (Å²) < 4.78 is 39.6. The topological polar surface area (TPSA) is 63.4 Å². The van der Waals surface area contributed by atoms with Crippen LogP contribution in [0.3, 0.4) is 0 Å². The van der Waals surface area contributed by atoms with Gasteiger partial charge in [0.25, 0.3) is 0 Å². The van der Waals surface area contributed by atoms with Crippen LogP contribution < -0.4 is 5.73 Å². The summed E-state index contributed by atoms with van der Waals surface area (Å²) in [4.78, 5) is -0.273. The van der Waals surface area contributed by atoms with Gasteiger partial charge in [0.05, 0.1) is 10.0 Å². The molecule has 1 aromatic carbocycles. The first-order chi connectivity index (χ1) is 8.84. The molecule has 114 valence electrons. The van der Waals surface area contributed by atoms with E-state index in [1.807, 2.05) is 0 Å². The molecule has 9 heteroatoms. The third kappa shape index (κ3) is 3.37. The highest BCUT2D eigenvalue weighted by Crippen LogP contribution is 2.32. The summed E-state index contributed by atoms with van der Waals surface area (Å²) in [6.07, 6.45) is 1.45. The van der Waals surface area contributed by atoms with Gasteiger partial charge in [0.1, 0.15) is 4.90 Å². The average molecular weight is 364 g/mol. The van der Waals surface area contributed by atoms with Gasteiger partial charge in [-0.3, -0.25) is 0 Å². The van der Waals surface area contributed by atoms with Crippen LogP contribution in [0.15, 0.2) is 17.0 Å². The normalized spacial score (nSPS) is 20.5. The number of nitrogens with two attached hydrogens (primary N) is 1. The maximum atomic E-state index is 13.6. The third-order valence-electron chi connectivity index (χ3n) is 3.04. The van der Waals surface area contributed by atoms with E-state index in [0.29, 0.717) is 13.0 Å². The van der Waals surface area contributed by atoms with Crippen LogP contribution in [0.5, 0.6) is 0 Å². The molecule has 2 N–H and O–H groups in total. The second-order valence-electron chi connectivity index (χ2n) is 4.44. The lowest BCUT2D eigenvalue weighted by molar-refractivity contribution is 0.316.